The molecular weight excluding hydrogens is 675 g/mol. The van der Waals surface area contributed by atoms with Gasteiger partial charge in [0.1, 0.15) is 24.5 Å². The van der Waals surface area contributed by atoms with E-state index in [2.05, 4.69) is 34.7 Å². The van der Waals surface area contributed by atoms with Crippen molar-refractivity contribution in [2.75, 3.05) is 19.5 Å². The van der Waals surface area contributed by atoms with Gasteiger partial charge in [0.15, 0.2) is 0 Å². The van der Waals surface area contributed by atoms with E-state index in [4.69, 9.17) is 59.7 Å². The Hall–Kier alpha value is -4.71. The number of anilines is 1. The van der Waals surface area contributed by atoms with E-state index in [1.165, 1.54) is 14.2 Å². The van der Waals surface area contributed by atoms with E-state index in [0.717, 1.165) is 18.8 Å². The summed E-state index contributed by atoms with van der Waals surface area (Å²) in [6, 6.07) is -1.15. The lowest BCUT2D eigenvalue weighted by Crippen LogP contribution is -2.31. The van der Waals surface area contributed by atoms with Gasteiger partial charge in [-0.2, -0.15) is 29.1 Å². The fourth-order valence-corrected chi connectivity index (χ4v) is 2.98. The van der Waals surface area contributed by atoms with Gasteiger partial charge in [0.2, 0.25) is 21.5 Å². The Kier molecular flexibility index (Phi) is 26.7. The van der Waals surface area contributed by atoms with Crippen molar-refractivity contribution >= 4 is 76.2 Å². The molecule has 0 aliphatic heterocycles. The van der Waals surface area contributed by atoms with Crippen LogP contribution in [0.5, 0.6) is 0 Å². The Morgan fingerprint density at radius 2 is 1.29 bits per heavy atom. The Morgan fingerprint density at radius 1 is 0.867 bits per heavy atom. The van der Waals surface area contributed by atoms with Crippen LogP contribution in [-0.2, 0) is 38.2 Å². The summed E-state index contributed by atoms with van der Waals surface area (Å²) >= 11 is 16.2. The average Bonchev–Trinajstić information content (AvgIpc) is 2.97. The molecular formula is C22H27Cl3N8O12. The maximum absolute atomic E-state index is 11.5. The van der Waals surface area contributed by atoms with Crippen LogP contribution in [0.3, 0.4) is 0 Å². The van der Waals surface area contributed by atoms with E-state index in [-0.39, 0.29) is 51.2 Å². The number of nitrogens with two attached hydrogens (primary N) is 1. The topological polar surface area (TPSA) is 297 Å². The van der Waals surface area contributed by atoms with Crippen LogP contribution in [0.1, 0.15) is 39.5 Å². The molecule has 2 rings (SSSR count). The van der Waals surface area contributed by atoms with E-state index >= 15 is 0 Å². The van der Waals surface area contributed by atoms with Crippen molar-refractivity contribution in [1.29, 1.82) is 0 Å². The van der Waals surface area contributed by atoms with Crippen molar-refractivity contribution in [3.63, 3.8) is 0 Å². The van der Waals surface area contributed by atoms with Gasteiger partial charge in [0, 0.05) is 0 Å². The van der Waals surface area contributed by atoms with Crippen LogP contribution in [0.2, 0.25) is 15.7 Å². The minimum absolute atomic E-state index is 0.103. The molecule has 0 saturated heterocycles. The number of rotatable bonds is 10. The highest BCUT2D eigenvalue weighted by Gasteiger charge is 2.24. The maximum Gasteiger partial charge on any atom is 0.373 e. The third-order valence-electron chi connectivity index (χ3n) is 4.31. The Labute approximate surface area is 269 Å². The van der Waals surface area contributed by atoms with Crippen LogP contribution < -0.4 is 11.1 Å². The van der Waals surface area contributed by atoms with Crippen LogP contribution in [0.15, 0.2) is 12.4 Å². The number of nitrogens with one attached hydrogen (secondary N) is 1. The van der Waals surface area contributed by atoms with Crippen molar-refractivity contribution in [3.8, 4) is 0 Å². The Bertz CT molecular complexity index is 1300. The zero-order valence-corrected chi connectivity index (χ0v) is 26.2. The van der Waals surface area contributed by atoms with Gasteiger partial charge in [0.25, 0.3) is 0 Å². The highest BCUT2D eigenvalue weighted by atomic mass is 35.5. The number of nitrogens with zero attached hydrogens (tertiary/aromatic N) is 6. The molecule has 0 aliphatic rings. The highest BCUT2D eigenvalue weighted by Crippen LogP contribution is 2.24. The lowest BCUT2D eigenvalue weighted by Gasteiger charge is -2.15. The van der Waals surface area contributed by atoms with E-state index in [0.29, 0.717) is 19.3 Å². The lowest BCUT2D eigenvalue weighted by molar-refractivity contribution is -0.385. The molecule has 0 amide bonds. The summed E-state index contributed by atoms with van der Waals surface area (Å²) < 4.78 is 9.02. The van der Waals surface area contributed by atoms with Crippen LogP contribution >= 0.6 is 34.8 Å². The number of carbonyl (C=O) groups excluding carboxylic acids is 6. The van der Waals surface area contributed by atoms with Gasteiger partial charge in [-0.15, -0.1) is 0 Å². The summed E-state index contributed by atoms with van der Waals surface area (Å²) in [6.45, 7) is 3.85. The molecule has 45 heavy (non-hydrogen) atoms. The van der Waals surface area contributed by atoms with Crippen molar-refractivity contribution in [2.45, 2.75) is 51.6 Å². The molecule has 0 saturated carbocycles. The van der Waals surface area contributed by atoms with Crippen molar-refractivity contribution in [3.05, 3.63) is 48.3 Å². The smallest absolute Gasteiger partial charge is 0.373 e. The fourth-order valence-electron chi connectivity index (χ4n) is 2.48. The van der Waals surface area contributed by atoms with E-state index < -0.39 is 27.9 Å². The molecule has 0 aromatic carbocycles. The van der Waals surface area contributed by atoms with Gasteiger partial charge < -0.3 is 20.5 Å². The minimum atomic E-state index is -0.723. The molecule has 2 heterocycles. The number of esters is 2. The van der Waals surface area contributed by atoms with Gasteiger partial charge in [-0.05, 0) is 36.0 Å². The van der Waals surface area contributed by atoms with Gasteiger partial charge >= 0.3 is 35.6 Å². The van der Waals surface area contributed by atoms with Gasteiger partial charge in [-0.25, -0.2) is 14.8 Å². The van der Waals surface area contributed by atoms with Crippen LogP contribution in [-0.4, -0.2) is 80.3 Å². The summed E-state index contributed by atoms with van der Waals surface area (Å²) in [7, 11) is 2.59. The standard InChI is InChI=1S/C10H13ClN4O4.C6H13NO2.C4HCl2N3O2.2CO2/c1-3-4-6(9(16)19-2)13-8-7(15(17)18)5-12-10(11)14-8;1-3-4-5(7)6(8)9-2;5-3-2(9(10)11)1-7-4(6)8-3;2*2-1-3/h5-6H,3-4H2,1-2H3,(H,12,13,14);5H,3-4,7H2,1-2H3;1H;;/t;5-;;;/m.0.../s1. The largest absolute Gasteiger partial charge is 0.468 e. The molecule has 20 nitrogen and oxygen atoms in total. The summed E-state index contributed by atoms with van der Waals surface area (Å²) in [5.74, 6) is -0.948. The highest BCUT2D eigenvalue weighted by molar-refractivity contribution is 6.33. The fraction of sp³-hybridized carbons (Fsp3) is 0.455. The molecule has 0 aliphatic carbocycles. The number of ether oxygens (including phenoxy) is 2. The van der Waals surface area contributed by atoms with Crippen molar-refractivity contribution in [1.82, 2.24) is 19.9 Å². The third kappa shape index (κ3) is 20.8. The molecule has 2 aromatic heterocycles. The first kappa shape index (κ1) is 44.7. The van der Waals surface area contributed by atoms with Crippen LogP contribution in [0.4, 0.5) is 17.2 Å². The van der Waals surface area contributed by atoms with Crippen molar-refractivity contribution in [2.24, 2.45) is 5.73 Å². The summed E-state index contributed by atoms with van der Waals surface area (Å²) in [5.41, 5.74) is 4.66. The van der Waals surface area contributed by atoms with E-state index in [1.54, 1.807) is 0 Å². The minimum Gasteiger partial charge on any atom is -0.468 e. The lowest BCUT2D eigenvalue weighted by atomic mass is 10.1. The molecule has 0 fully saturated rings. The SMILES string of the molecule is CCCC(Nc1nc(Cl)ncc1[N+](=O)[O-])C(=O)OC.CCC[C@H](N)C(=O)OC.O=C=O.O=C=O.O=[N+]([O-])c1cnc(Cl)nc1Cl. The predicted octanol–water partition coefficient (Wildman–Crippen LogP) is 2.60. The first-order chi connectivity index (χ1) is 21.1. The zero-order chi connectivity index (χ0) is 35.5. The Morgan fingerprint density at radius 3 is 1.67 bits per heavy atom. The molecule has 2 aromatic rings. The normalized spacial score (nSPS) is 10.2. The number of hydrogen-bond acceptors (Lipinski definition) is 18. The number of carbonyl (C=O) groups is 2. The van der Waals surface area contributed by atoms with Gasteiger partial charge in [-0.3, -0.25) is 25.0 Å². The quantitative estimate of drug-likeness (QED) is 0.118. The zero-order valence-electron chi connectivity index (χ0n) is 23.9. The monoisotopic (exact) mass is 700 g/mol. The summed E-state index contributed by atoms with van der Waals surface area (Å²) in [4.78, 5) is 88.3. The molecule has 0 spiro atoms. The number of nitro groups is 2. The van der Waals surface area contributed by atoms with Crippen LogP contribution in [0.25, 0.3) is 0 Å². The molecule has 248 valence electrons. The van der Waals surface area contributed by atoms with Gasteiger partial charge in [-0.1, -0.05) is 38.3 Å². The second kappa shape index (κ2) is 26.9. The van der Waals surface area contributed by atoms with Gasteiger partial charge in [0.05, 0.1) is 24.1 Å². The number of aromatic nitrogens is 4. The number of hydrogen-bond donors (Lipinski definition) is 2. The second-order valence-electron chi connectivity index (χ2n) is 7.30. The van der Waals surface area contributed by atoms with E-state index in [9.17, 15) is 29.8 Å². The van der Waals surface area contributed by atoms with Crippen molar-refractivity contribution < 1.29 is 48.1 Å². The van der Waals surface area contributed by atoms with E-state index in [1.807, 2.05) is 13.8 Å². The summed E-state index contributed by atoms with van der Waals surface area (Å²) in [5, 5.41) is 23.1. The third-order valence-corrected chi connectivity index (χ3v) is 4.95. The summed E-state index contributed by atoms with van der Waals surface area (Å²) in [6.07, 6.45) is 5.20. The molecule has 0 radical (unpaired) electrons. The molecule has 0 bridgehead atoms. The number of methoxy groups -OCH3 is 2. The molecule has 3 N–H and O–H groups in total. The van der Waals surface area contributed by atoms with Crippen LogP contribution in [0, 0.1) is 20.2 Å². The first-order valence-corrected chi connectivity index (χ1v) is 12.9. The second-order valence-corrected chi connectivity index (χ2v) is 8.33. The predicted molar refractivity (Wildman–Crippen MR) is 152 cm³/mol. The molecule has 1 unspecified atom stereocenters. The average molecular weight is 702 g/mol. The number of halogens is 3. The molecule has 23 heteroatoms. The molecule has 2 atom stereocenters. The maximum atomic E-state index is 11.5. The first-order valence-electron chi connectivity index (χ1n) is 11.8. The Balaban J connectivity index is -0.000000576.